The summed E-state index contributed by atoms with van der Waals surface area (Å²) in [7, 11) is -1.14. The molecule has 0 aliphatic heterocycles. The first-order chi connectivity index (χ1) is 20.1. The van der Waals surface area contributed by atoms with Gasteiger partial charge in [0.15, 0.2) is 0 Å². The van der Waals surface area contributed by atoms with Gasteiger partial charge in [-0.15, -0.1) is 0 Å². The number of benzene rings is 3. The molecule has 224 valence electrons. The van der Waals surface area contributed by atoms with E-state index >= 15 is 0 Å². The van der Waals surface area contributed by atoms with Gasteiger partial charge < -0.3 is 10.2 Å². The Balaban J connectivity index is 1.73. The minimum absolute atomic E-state index is 0.0593. The van der Waals surface area contributed by atoms with Crippen LogP contribution in [0.25, 0.3) is 0 Å². The third-order valence-electron chi connectivity index (χ3n) is 7.55. The van der Waals surface area contributed by atoms with Crippen LogP contribution in [0.15, 0.2) is 89.4 Å². The van der Waals surface area contributed by atoms with Gasteiger partial charge in [0.25, 0.3) is 0 Å². The Hall–Kier alpha value is -3.21. The smallest absolute Gasteiger partial charge is 0.304 e. The van der Waals surface area contributed by atoms with E-state index in [9.17, 15) is 18.0 Å². The monoisotopic (exact) mass is 654 g/mol. The lowest BCUT2D eigenvalue weighted by atomic mass is 9.94. The normalized spacial score (nSPS) is 14.8. The SMILES string of the molecule is CN(C)S(=O)(=O)N(CC(=O)N(Cc1ccc(Br)cc1)[C@@H](Cc1ccccc1)C(=O)NC1CCCCC1)c1ccccc1. The highest BCUT2D eigenvalue weighted by molar-refractivity contribution is 9.10. The van der Waals surface area contributed by atoms with Gasteiger partial charge in [-0.2, -0.15) is 12.7 Å². The van der Waals surface area contributed by atoms with E-state index in [1.54, 1.807) is 30.3 Å². The summed E-state index contributed by atoms with van der Waals surface area (Å²) >= 11 is 3.46. The van der Waals surface area contributed by atoms with Crippen LogP contribution >= 0.6 is 15.9 Å². The van der Waals surface area contributed by atoms with Crippen molar-refractivity contribution in [2.75, 3.05) is 24.9 Å². The fourth-order valence-corrected chi connectivity index (χ4v) is 6.52. The Bertz CT molecular complexity index is 1410. The van der Waals surface area contributed by atoms with E-state index in [0.717, 1.165) is 56.3 Å². The molecule has 1 atom stereocenters. The topological polar surface area (TPSA) is 90.0 Å². The van der Waals surface area contributed by atoms with Crippen molar-refractivity contribution >= 4 is 43.6 Å². The minimum atomic E-state index is -4.01. The lowest BCUT2D eigenvalue weighted by molar-refractivity contribution is -0.140. The molecule has 1 aliphatic rings. The summed E-state index contributed by atoms with van der Waals surface area (Å²) in [6.45, 7) is -0.310. The van der Waals surface area contributed by atoms with Gasteiger partial charge in [-0.3, -0.25) is 9.59 Å². The molecule has 1 saturated carbocycles. The van der Waals surface area contributed by atoms with E-state index in [1.807, 2.05) is 54.6 Å². The molecule has 0 radical (unpaired) electrons. The Labute approximate surface area is 258 Å². The lowest BCUT2D eigenvalue weighted by Gasteiger charge is -2.35. The van der Waals surface area contributed by atoms with E-state index in [1.165, 1.54) is 19.0 Å². The van der Waals surface area contributed by atoms with Gasteiger partial charge in [-0.25, -0.2) is 4.31 Å². The van der Waals surface area contributed by atoms with Crippen molar-refractivity contribution in [1.82, 2.24) is 14.5 Å². The van der Waals surface area contributed by atoms with E-state index in [0.29, 0.717) is 12.1 Å². The molecule has 3 aromatic carbocycles. The average Bonchev–Trinajstić information content (AvgIpc) is 2.99. The molecule has 1 aliphatic carbocycles. The van der Waals surface area contributed by atoms with Gasteiger partial charge in [0, 0.05) is 37.6 Å². The van der Waals surface area contributed by atoms with Crippen molar-refractivity contribution in [2.45, 2.75) is 57.2 Å². The molecule has 42 heavy (non-hydrogen) atoms. The van der Waals surface area contributed by atoms with Gasteiger partial charge in [-0.1, -0.05) is 95.9 Å². The second kappa shape index (κ2) is 14.8. The molecule has 2 amide bonds. The first-order valence-corrected chi connectivity index (χ1v) is 16.5. The van der Waals surface area contributed by atoms with Crippen LogP contribution in [0.1, 0.15) is 43.2 Å². The summed E-state index contributed by atoms with van der Waals surface area (Å²) < 4.78 is 30.0. The van der Waals surface area contributed by atoms with Crippen molar-refractivity contribution in [3.63, 3.8) is 0 Å². The summed E-state index contributed by atoms with van der Waals surface area (Å²) in [5, 5.41) is 3.22. The van der Waals surface area contributed by atoms with E-state index in [4.69, 9.17) is 0 Å². The first-order valence-electron chi connectivity index (χ1n) is 14.3. The molecule has 0 saturated heterocycles. The molecule has 10 heteroatoms. The number of halogens is 1. The van der Waals surface area contributed by atoms with Crippen LogP contribution in [0.2, 0.25) is 0 Å². The molecule has 0 aromatic heterocycles. The Morgan fingerprint density at radius 3 is 2.05 bits per heavy atom. The minimum Gasteiger partial charge on any atom is -0.352 e. The zero-order chi connectivity index (χ0) is 30.1. The highest BCUT2D eigenvalue weighted by atomic mass is 79.9. The van der Waals surface area contributed by atoms with E-state index in [-0.39, 0.29) is 18.5 Å². The fraction of sp³-hybridized carbons (Fsp3) is 0.375. The molecular formula is C32H39BrN4O4S. The number of nitrogens with one attached hydrogen (secondary N) is 1. The third kappa shape index (κ3) is 8.42. The van der Waals surface area contributed by atoms with Gasteiger partial charge in [0.05, 0.1) is 5.69 Å². The summed E-state index contributed by atoms with van der Waals surface area (Å²) in [4.78, 5) is 29.9. The van der Waals surface area contributed by atoms with Crippen LogP contribution in [0.4, 0.5) is 5.69 Å². The Kier molecular flexibility index (Phi) is 11.2. The number of nitrogens with zero attached hydrogens (tertiary/aromatic N) is 3. The quantitative estimate of drug-likeness (QED) is 0.293. The molecule has 0 unspecified atom stereocenters. The van der Waals surface area contributed by atoms with Crippen LogP contribution in [0.3, 0.4) is 0 Å². The Morgan fingerprint density at radius 2 is 1.45 bits per heavy atom. The molecule has 4 rings (SSSR count). The van der Waals surface area contributed by atoms with Crippen molar-refractivity contribution < 1.29 is 18.0 Å². The largest absolute Gasteiger partial charge is 0.352 e. The molecule has 0 heterocycles. The molecule has 1 N–H and O–H groups in total. The average molecular weight is 656 g/mol. The van der Waals surface area contributed by atoms with Crippen molar-refractivity contribution in [1.29, 1.82) is 0 Å². The van der Waals surface area contributed by atoms with Crippen LogP contribution < -0.4 is 9.62 Å². The van der Waals surface area contributed by atoms with E-state index in [2.05, 4.69) is 21.2 Å². The number of carbonyl (C=O) groups is 2. The molecule has 8 nitrogen and oxygen atoms in total. The van der Waals surface area contributed by atoms with Crippen LogP contribution in [-0.2, 0) is 32.8 Å². The van der Waals surface area contributed by atoms with Gasteiger partial charge in [-0.05, 0) is 48.2 Å². The Morgan fingerprint density at radius 1 is 0.857 bits per heavy atom. The summed E-state index contributed by atoms with van der Waals surface area (Å²) in [5.74, 6) is -0.690. The lowest BCUT2D eigenvalue weighted by Crippen LogP contribution is -2.55. The molecule has 1 fully saturated rings. The predicted molar refractivity (Wildman–Crippen MR) is 170 cm³/mol. The first kappa shape index (κ1) is 31.7. The molecule has 0 spiro atoms. The van der Waals surface area contributed by atoms with Gasteiger partial charge in [0.2, 0.25) is 11.8 Å². The molecule has 0 bridgehead atoms. The second-order valence-corrected chi connectivity index (χ2v) is 13.8. The number of rotatable bonds is 12. The molecule has 3 aromatic rings. The zero-order valence-corrected chi connectivity index (χ0v) is 26.6. The number of hydrogen-bond donors (Lipinski definition) is 1. The number of amides is 2. The number of anilines is 1. The number of hydrogen-bond acceptors (Lipinski definition) is 4. The third-order valence-corrected chi connectivity index (χ3v) is 9.90. The highest BCUT2D eigenvalue weighted by Gasteiger charge is 2.35. The predicted octanol–water partition coefficient (Wildman–Crippen LogP) is 5.15. The van der Waals surface area contributed by atoms with Crippen LogP contribution in [0, 0.1) is 0 Å². The number of para-hydroxylation sites is 1. The summed E-state index contributed by atoms with van der Waals surface area (Å²) in [6.07, 6.45) is 5.40. The summed E-state index contributed by atoms with van der Waals surface area (Å²) in [6, 6.07) is 25.0. The van der Waals surface area contributed by atoms with Crippen molar-refractivity contribution in [3.8, 4) is 0 Å². The maximum atomic E-state index is 14.3. The maximum absolute atomic E-state index is 14.3. The standard InChI is InChI=1S/C32H39BrN4O4S/c1-35(2)42(40,41)37(29-16-10-5-11-17-29)24-31(38)36(23-26-18-20-27(33)21-19-26)30(22-25-12-6-3-7-13-25)32(39)34-28-14-8-4-9-15-28/h3,5-7,10-13,16-21,28,30H,4,8-9,14-15,22-24H2,1-2H3,(H,34,39)/t30-/m0/s1. The van der Waals surface area contributed by atoms with Gasteiger partial charge in [0.1, 0.15) is 12.6 Å². The van der Waals surface area contributed by atoms with Crippen LogP contribution in [0.5, 0.6) is 0 Å². The van der Waals surface area contributed by atoms with Gasteiger partial charge >= 0.3 is 10.2 Å². The fourth-order valence-electron chi connectivity index (χ4n) is 5.20. The number of carbonyl (C=O) groups excluding carboxylic acids is 2. The second-order valence-electron chi connectivity index (χ2n) is 10.8. The van der Waals surface area contributed by atoms with Crippen molar-refractivity contribution in [3.05, 3.63) is 101 Å². The molecular weight excluding hydrogens is 616 g/mol. The van der Waals surface area contributed by atoms with Crippen LogP contribution in [-0.4, -0.2) is 62.2 Å². The zero-order valence-electron chi connectivity index (χ0n) is 24.2. The van der Waals surface area contributed by atoms with Crippen molar-refractivity contribution in [2.24, 2.45) is 0 Å². The summed E-state index contributed by atoms with van der Waals surface area (Å²) in [5.41, 5.74) is 2.11. The highest BCUT2D eigenvalue weighted by Crippen LogP contribution is 2.23. The van der Waals surface area contributed by atoms with E-state index < -0.39 is 28.7 Å². The maximum Gasteiger partial charge on any atom is 0.304 e.